The van der Waals surface area contributed by atoms with Gasteiger partial charge in [-0.1, -0.05) is 11.6 Å². The number of rotatable bonds is 4. The summed E-state index contributed by atoms with van der Waals surface area (Å²) in [6, 6.07) is 5.38. The Bertz CT molecular complexity index is 738. The molecular formula is C17H19ClN4O2. The molecule has 1 saturated heterocycles. The molecule has 2 aromatic heterocycles. The summed E-state index contributed by atoms with van der Waals surface area (Å²) >= 11 is 6.06. The van der Waals surface area contributed by atoms with Gasteiger partial charge >= 0.3 is 0 Å². The zero-order valence-corrected chi connectivity index (χ0v) is 14.4. The lowest BCUT2D eigenvalue weighted by molar-refractivity contribution is 0.0772. The Labute approximate surface area is 146 Å². The van der Waals surface area contributed by atoms with E-state index in [2.05, 4.69) is 9.97 Å². The Morgan fingerprint density at radius 2 is 2.21 bits per heavy atom. The lowest BCUT2D eigenvalue weighted by Gasteiger charge is -2.20. The number of aromatic nitrogens is 2. The molecule has 1 fully saturated rings. The van der Waals surface area contributed by atoms with E-state index in [1.54, 1.807) is 23.4 Å². The van der Waals surface area contributed by atoms with Gasteiger partial charge in [-0.15, -0.1) is 0 Å². The van der Waals surface area contributed by atoms with Crippen molar-refractivity contribution in [1.29, 1.82) is 0 Å². The number of pyridine rings is 2. The van der Waals surface area contributed by atoms with Gasteiger partial charge in [0, 0.05) is 45.7 Å². The molecule has 3 rings (SSSR count). The van der Waals surface area contributed by atoms with Gasteiger partial charge in [0.15, 0.2) is 11.6 Å². The minimum Gasteiger partial charge on any atom is -0.485 e. The lowest BCUT2D eigenvalue weighted by Crippen LogP contribution is -2.31. The monoisotopic (exact) mass is 346 g/mol. The van der Waals surface area contributed by atoms with Gasteiger partial charge in [0.25, 0.3) is 5.91 Å². The van der Waals surface area contributed by atoms with Crippen molar-refractivity contribution in [2.45, 2.75) is 12.5 Å². The van der Waals surface area contributed by atoms with Crippen molar-refractivity contribution >= 4 is 23.3 Å². The van der Waals surface area contributed by atoms with Gasteiger partial charge in [-0.25, -0.2) is 4.98 Å². The first-order valence-electron chi connectivity index (χ1n) is 7.74. The topological polar surface area (TPSA) is 58.6 Å². The van der Waals surface area contributed by atoms with Crippen molar-refractivity contribution in [2.75, 3.05) is 32.1 Å². The standard InChI is InChI=1S/C17H19ClN4O2/c1-21(2)16-15(4-3-7-20-16)24-12-6-9-22(11-12)17(23)13-5-8-19-10-14(13)18/h3-5,7-8,10,12H,6,9,11H2,1-2H3/t12-/m1/s1. The number of likely N-dealkylation sites (tertiary alicyclic amines) is 1. The number of amides is 1. The van der Waals surface area contributed by atoms with Crippen LogP contribution in [0.25, 0.3) is 0 Å². The fourth-order valence-corrected chi connectivity index (χ4v) is 2.92. The third-order valence-electron chi connectivity index (χ3n) is 3.90. The number of carbonyl (C=O) groups is 1. The van der Waals surface area contributed by atoms with E-state index in [0.29, 0.717) is 23.7 Å². The zero-order valence-electron chi connectivity index (χ0n) is 13.6. The Kier molecular flexibility index (Phi) is 4.85. The van der Waals surface area contributed by atoms with E-state index in [1.807, 2.05) is 31.1 Å². The van der Waals surface area contributed by atoms with Crippen LogP contribution in [-0.4, -0.2) is 54.1 Å². The third-order valence-corrected chi connectivity index (χ3v) is 4.20. The molecule has 126 valence electrons. The highest BCUT2D eigenvalue weighted by Gasteiger charge is 2.29. The molecule has 0 aromatic carbocycles. The molecule has 0 aliphatic carbocycles. The molecule has 1 aliphatic rings. The highest BCUT2D eigenvalue weighted by atomic mass is 35.5. The molecule has 0 unspecified atom stereocenters. The maximum absolute atomic E-state index is 12.6. The van der Waals surface area contributed by atoms with Crippen LogP contribution in [-0.2, 0) is 0 Å². The largest absolute Gasteiger partial charge is 0.485 e. The van der Waals surface area contributed by atoms with E-state index >= 15 is 0 Å². The second-order valence-electron chi connectivity index (χ2n) is 5.85. The van der Waals surface area contributed by atoms with Gasteiger partial charge in [0.05, 0.1) is 17.1 Å². The first-order valence-corrected chi connectivity index (χ1v) is 8.12. The van der Waals surface area contributed by atoms with Crippen molar-refractivity contribution in [2.24, 2.45) is 0 Å². The van der Waals surface area contributed by atoms with E-state index in [4.69, 9.17) is 16.3 Å². The molecule has 0 saturated carbocycles. The lowest BCUT2D eigenvalue weighted by atomic mass is 10.2. The van der Waals surface area contributed by atoms with E-state index < -0.39 is 0 Å². The number of hydrogen-bond donors (Lipinski definition) is 0. The molecule has 1 atom stereocenters. The molecule has 0 bridgehead atoms. The molecule has 2 aromatic rings. The van der Waals surface area contributed by atoms with Crippen LogP contribution in [0.3, 0.4) is 0 Å². The first-order chi connectivity index (χ1) is 11.6. The average Bonchev–Trinajstić information content (AvgIpc) is 3.03. The average molecular weight is 347 g/mol. The third kappa shape index (κ3) is 3.43. The van der Waals surface area contributed by atoms with Crippen LogP contribution in [0.2, 0.25) is 5.02 Å². The number of ether oxygens (including phenoxy) is 1. The summed E-state index contributed by atoms with van der Waals surface area (Å²) < 4.78 is 6.07. The van der Waals surface area contributed by atoms with Gasteiger partial charge in [-0.3, -0.25) is 9.78 Å². The quantitative estimate of drug-likeness (QED) is 0.851. The molecule has 24 heavy (non-hydrogen) atoms. The first kappa shape index (κ1) is 16.5. The van der Waals surface area contributed by atoms with Crippen molar-refractivity contribution in [3.8, 4) is 5.75 Å². The van der Waals surface area contributed by atoms with Crippen LogP contribution in [0, 0.1) is 0 Å². The highest BCUT2D eigenvalue weighted by Crippen LogP contribution is 2.27. The molecule has 1 aliphatic heterocycles. The maximum Gasteiger partial charge on any atom is 0.255 e. The minimum atomic E-state index is -0.0903. The van der Waals surface area contributed by atoms with Crippen LogP contribution in [0.5, 0.6) is 5.75 Å². The van der Waals surface area contributed by atoms with Crippen molar-refractivity contribution < 1.29 is 9.53 Å². The predicted octanol–water partition coefficient (Wildman–Crippen LogP) is 2.49. The Morgan fingerprint density at radius 3 is 2.96 bits per heavy atom. The normalized spacial score (nSPS) is 17.0. The van der Waals surface area contributed by atoms with Crippen LogP contribution in [0.15, 0.2) is 36.8 Å². The van der Waals surface area contributed by atoms with E-state index in [0.717, 1.165) is 18.0 Å². The highest BCUT2D eigenvalue weighted by molar-refractivity contribution is 6.33. The van der Waals surface area contributed by atoms with Crippen molar-refractivity contribution in [3.63, 3.8) is 0 Å². The SMILES string of the molecule is CN(C)c1ncccc1O[C@@H]1CCN(C(=O)c2ccncc2Cl)C1. The molecule has 3 heterocycles. The molecule has 1 amide bonds. The zero-order chi connectivity index (χ0) is 17.1. The smallest absolute Gasteiger partial charge is 0.255 e. The summed E-state index contributed by atoms with van der Waals surface area (Å²) in [6.45, 7) is 1.17. The second kappa shape index (κ2) is 7.05. The van der Waals surface area contributed by atoms with Crippen LogP contribution in [0.4, 0.5) is 5.82 Å². The number of halogens is 1. The maximum atomic E-state index is 12.6. The Morgan fingerprint density at radius 1 is 1.38 bits per heavy atom. The van der Waals surface area contributed by atoms with Crippen molar-refractivity contribution in [1.82, 2.24) is 14.9 Å². The summed E-state index contributed by atoms with van der Waals surface area (Å²) in [5.41, 5.74) is 0.475. The van der Waals surface area contributed by atoms with Gasteiger partial charge in [-0.05, 0) is 18.2 Å². The molecule has 7 heteroatoms. The molecule has 6 nitrogen and oxygen atoms in total. The minimum absolute atomic E-state index is 0.0579. The van der Waals surface area contributed by atoms with Crippen LogP contribution >= 0.6 is 11.6 Å². The molecular weight excluding hydrogens is 328 g/mol. The van der Waals surface area contributed by atoms with Gasteiger partial charge in [-0.2, -0.15) is 0 Å². The summed E-state index contributed by atoms with van der Waals surface area (Å²) in [4.78, 5) is 24.5. The summed E-state index contributed by atoms with van der Waals surface area (Å²) in [5, 5.41) is 0.369. The van der Waals surface area contributed by atoms with E-state index in [1.165, 1.54) is 6.20 Å². The summed E-state index contributed by atoms with van der Waals surface area (Å²) in [5.74, 6) is 1.41. The van der Waals surface area contributed by atoms with E-state index in [-0.39, 0.29) is 12.0 Å². The molecule has 0 radical (unpaired) electrons. The predicted molar refractivity (Wildman–Crippen MR) is 92.7 cm³/mol. The Hall–Kier alpha value is -2.34. The van der Waals surface area contributed by atoms with Gasteiger partial charge in [0.2, 0.25) is 0 Å². The van der Waals surface area contributed by atoms with Gasteiger partial charge < -0.3 is 14.5 Å². The fourth-order valence-electron chi connectivity index (χ4n) is 2.72. The second-order valence-corrected chi connectivity index (χ2v) is 6.26. The van der Waals surface area contributed by atoms with Crippen LogP contribution in [0.1, 0.15) is 16.8 Å². The van der Waals surface area contributed by atoms with E-state index in [9.17, 15) is 4.79 Å². The Balaban J connectivity index is 1.68. The van der Waals surface area contributed by atoms with Crippen LogP contribution < -0.4 is 9.64 Å². The summed E-state index contributed by atoms with van der Waals surface area (Å²) in [6.07, 6.45) is 5.51. The van der Waals surface area contributed by atoms with Crippen molar-refractivity contribution in [3.05, 3.63) is 47.4 Å². The number of anilines is 1. The molecule has 0 spiro atoms. The number of carbonyl (C=O) groups excluding carboxylic acids is 1. The summed E-state index contributed by atoms with van der Waals surface area (Å²) in [7, 11) is 3.84. The van der Waals surface area contributed by atoms with Gasteiger partial charge in [0.1, 0.15) is 6.10 Å². The fraction of sp³-hybridized carbons (Fsp3) is 0.353. The number of hydrogen-bond acceptors (Lipinski definition) is 5. The molecule has 0 N–H and O–H groups in total. The number of nitrogens with zero attached hydrogens (tertiary/aromatic N) is 4.